The van der Waals surface area contributed by atoms with Crippen LogP contribution in [0.4, 0.5) is 0 Å². The quantitative estimate of drug-likeness (QED) is 0.509. The van der Waals surface area contributed by atoms with Gasteiger partial charge in [-0.3, -0.25) is 0 Å². The molecule has 3 rings (SSSR count). The highest BCUT2D eigenvalue weighted by Crippen LogP contribution is 2.35. The second-order valence-corrected chi connectivity index (χ2v) is 5.78. The zero-order valence-electron chi connectivity index (χ0n) is 11.1. The smallest absolute Gasteiger partial charge is 0.331 e. The van der Waals surface area contributed by atoms with E-state index in [2.05, 4.69) is 4.98 Å². The Balaban J connectivity index is 1.81. The molecule has 0 amide bonds. The van der Waals surface area contributed by atoms with Gasteiger partial charge in [-0.25, -0.2) is 9.78 Å². The van der Waals surface area contributed by atoms with Crippen molar-refractivity contribution in [2.45, 2.75) is 6.54 Å². The fourth-order valence-corrected chi connectivity index (χ4v) is 2.94. The Morgan fingerprint density at radius 2 is 1.82 bits per heavy atom. The summed E-state index contributed by atoms with van der Waals surface area (Å²) in [4.78, 5) is 16.3. The number of hydrogen-bond donors (Lipinski definition) is 0. The minimum Gasteiger partial charge on any atom is -0.422 e. The highest BCUT2D eigenvalue weighted by molar-refractivity contribution is 6.40. The van der Waals surface area contributed by atoms with E-state index in [4.69, 9.17) is 39.5 Å². The van der Waals surface area contributed by atoms with Crippen LogP contribution >= 0.6 is 34.8 Å². The molecule has 4 nitrogen and oxygen atoms in total. The number of aromatic nitrogens is 2. The minimum atomic E-state index is -0.505. The predicted molar refractivity (Wildman–Crippen MR) is 86.8 cm³/mol. The number of carbonyl (C=O) groups excluding carboxylic acids is 1. The Morgan fingerprint density at radius 1 is 1.14 bits per heavy atom. The summed E-state index contributed by atoms with van der Waals surface area (Å²) < 4.78 is 6.93. The normalized spacial score (nSPS) is 10.9. The molecule has 0 unspecified atom stereocenters. The van der Waals surface area contributed by atoms with Gasteiger partial charge < -0.3 is 9.30 Å². The zero-order chi connectivity index (χ0) is 15.7. The van der Waals surface area contributed by atoms with E-state index in [9.17, 15) is 4.79 Å². The second kappa shape index (κ2) is 6.16. The largest absolute Gasteiger partial charge is 0.422 e. The van der Waals surface area contributed by atoms with Crippen molar-refractivity contribution in [2.24, 2.45) is 0 Å². The van der Waals surface area contributed by atoms with Gasteiger partial charge in [-0.1, -0.05) is 46.9 Å². The fraction of sp³-hybridized carbons (Fsp3) is 0.0667. The van der Waals surface area contributed by atoms with Crippen LogP contribution in [0.15, 0.2) is 42.7 Å². The van der Waals surface area contributed by atoms with E-state index in [0.717, 1.165) is 11.0 Å². The molecule has 0 saturated carbocycles. The maximum atomic E-state index is 12.1. The first-order valence-electron chi connectivity index (χ1n) is 6.29. The van der Waals surface area contributed by atoms with Crippen LogP contribution in [0, 0.1) is 0 Å². The fourth-order valence-electron chi connectivity index (χ4n) is 2.05. The zero-order valence-corrected chi connectivity index (χ0v) is 13.4. The number of rotatable bonds is 3. The first-order chi connectivity index (χ1) is 10.5. The minimum absolute atomic E-state index is 0.00417. The van der Waals surface area contributed by atoms with E-state index >= 15 is 0 Å². The van der Waals surface area contributed by atoms with E-state index in [0.29, 0.717) is 5.02 Å². The summed E-state index contributed by atoms with van der Waals surface area (Å²) in [6, 6.07) is 10.4. The Labute approximate surface area is 141 Å². The van der Waals surface area contributed by atoms with Gasteiger partial charge in [0, 0.05) is 5.02 Å². The van der Waals surface area contributed by atoms with Crippen molar-refractivity contribution in [1.82, 2.24) is 9.55 Å². The summed E-state index contributed by atoms with van der Waals surface area (Å²) in [6.45, 7) is -0.00417. The van der Waals surface area contributed by atoms with Gasteiger partial charge in [0.2, 0.25) is 0 Å². The second-order valence-electron chi connectivity index (χ2n) is 4.53. The molecule has 2 aromatic carbocycles. The third-order valence-corrected chi connectivity index (χ3v) is 3.79. The standard InChI is InChI=1S/C15H9Cl3N2O2/c16-9-5-10(17)15(11(18)6-9)22-14(21)7-20-8-19-12-3-1-2-4-13(12)20/h1-6,8H,7H2. The van der Waals surface area contributed by atoms with Crippen LogP contribution in [0.25, 0.3) is 11.0 Å². The van der Waals surface area contributed by atoms with Crippen molar-refractivity contribution in [2.75, 3.05) is 0 Å². The van der Waals surface area contributed by atoms with Gasteiger partial charge in [0.1, 0.15) is 6.54 Å². The number of para-hydroxylation sites is 2. The molecule has 0 aliphatic carbocycles. The molecular weight excluding hydrogens is 347 g/mol. The van der Waals surface area contributed by atoms with E-state index in [-0.39, 0.29) is 22.3 Å². The van der Waals surface area contributed by atoms with E-state index in [1.165, 1.54) is 12.1 Å². The average molecular weight is 356 g/mol. The first-order valence-corrected chi connectivity index (χ1v) is 7.43. The molecule has 0 saturated heterocycles. The number of imidazole rings is 1. The lowest BCUT2D eigenvalue weighted by atomic mass is 10.3. The number of benzene rings is 2. The van der Waals surface area contributed by atoms with E-state index in [1.54, 1.807) is 10.9 Å². The van der Waals surface area contributed by atoms with Crippen molar-refractivity contribution in [1.29, 1.82) is 0 Å². The number of carbonyl (C=O) groups is 1. The molecule has 0 bridgehead atoms. The van der Waals surface area contributed by atoms with E-state index in [1.807, 2.05) is 24.3 Å². The van der Waals surface area contributed by atoms with Gasteiger partial charge in [-0.2, -0.15) is 0 Å². The Bertz CT molecular complexity index is 838. The van der Waals surface area contributed by atoms with Crippen molar-refractivity contribution in [3.63, 3.8) is 0 Å². The Morgan fingerprint density at radius 3 is 2.55 bits per heavy atom. The number of halogens is 3. The Kier molecular flexibility index (Phi) is 4.25. The third-order valence-electron chi connectivity index (χ3n) is 3.01. The molecular formula is C15H9Cl3N2O2. The number of esters is 1. The SMILES string of the molecule is O=C(Cn1cnc2ccccc21)Oc1c(Cl)cc(Cl)cc1Cl. The van der Waals surface area contributed by atoms with Gasteiger partial charge in [0.25, 0.3) is 0 Å². The third kappa shape index (κ3) is 3.04. The van der Waals surface area contributed by atoms with Crippen molar-refractivity contribution < 1.29 is 9.53 Å². The van der Waals surface area contributed by atoms with E-state index < -0.39 is 5.97 Å². The number of fused-ring (bicyclic) bond motifs is 1. The molecule has 1 heterocycles. The summed E-state index contributed by atoms with van der Waals surface area (Å²) in [5.41, 5.74) is 1.64. The summed E-state index contributed by atoms with van der Waals surface area (Å²) in [6.07, 6.45) is 1.58. The molecule has 1 aromatic heterocycles. The molecule has 7 heteroatoms. The molecule has 112 valence electrons. The van der Waals surface area contributed by atoms with Gasteiger partial charge in [-0.05, 0) is 24.3 Å². The van der Waals surface area contributed by atoms with Gasteiger partial charge in [0.15, 0.2) is 5.75 Å². The summed E-state index contributed by atoms with van der Waals surface area (Å²) in [5, 5.41) is 0.734. The van der Waals surface area contributed by atoms with Crippen molar-refractivity contribution in [3.05, 3.63) is 57.8 Å². The molecule has 0 atom stereocenters. The molecule has 22 heavy (non-hydrogen) atoms. The molecule has 0 spiro atoms. The van der Waals surface area contributed by atoms with Crippen LogP contribution < -0.4 is 4.74 Å². The van der Waals surface area contributed by atoms with Crippen molar-refractivity contribution in [3.8, 4) is 5.75 Å². The van der Waals surface area contributed by atoms with Crippen LogP contribution in [-0.2, 0) is 11.3 Å². The van der Waals surface area contributed by atoms with Crippen LogP contribution in [0.3, 0.4) is 0 Å². The number of nitrogens with zero attached hydrogens (tertiary/aromatic N) is 2. The topological polar surface area (TPSA) is 44.1 Å². The van der Waals surface area contributed by atoms with Gasteiger partial charge in [0.05, 0.1) is 27.4 Å². The van der Waals surface area contributed by atoms with Crippen LogP contribution in [0.1, 0.15) is 0 Å². The lowest BCUT2D eigenvalue weighted by Crippen LogP contribution is -2.16. The van der Waals surface area contributed by atoms with Crippen molar-refractivity contribution >= 4 is 51.8 Å². The van der Waals surface area contributed by atoms with Gasteiger partial charge in [-0.15, -0.1) is 0 Å². The predicted octanol–water partition coefficient (Wildman–Crippen LogP) is 4.60. The highest BCUT2D eigenvalue weighted by atomic mass is 35.5. The average Bonchev–Trinajstić information content (AvgIpc) is 2.86. The van der Waals surface area contributed by atoms with Crippen LogP contribution in [0.5, 0.6) is 5.75 Å². The van der Waals surface area contributed by atoms with Crippen LogP contribution in [0.2, 0.25) is 15.1 Å². The molecule has 0 N–H and O–H groups in total. The molecule has 0 radical (unpaired) electrons. The lowest BCUT2D eigenvalue weighted by Gasteiger charge is -2.09. The summed E-state index contributed by atoms with van der Waals surface area (Å²) >= 11 is 17.8. The molecule has 0 aliphatic heterocycles. The number of hydrogen-bond acceptors (Lipinski definition) is 3. The van der Waals surface area contributed by atoms with Crippen LogP contribution in [-0.4, -0.2) is 15.5 Å². The monoisotopic (exact) mass is 354 g/mol. The lowest BCUT2D eigenvalue weighted by molar-refractivity contribution is -0.134. The molecule has 0 fully saturated rings. The maximum Gasteiger partial charge on any atom is 0.331 e. The molecule has 3 aromatic rings. The van der Waals surface area contributed by atoms with Gasteiger partial charge >= 0.3 is 5.97 Å². The number of ether oxygens (including phenoxy) is 1. The maximum absolute atomic E-state index is 12.1. The summed E-state index contributed by atoms with van der Waals surface area (Å²) in [5.74, 6) is -0.406. The summed E-state index contributed by atoms with van der Waals surface area (Å²) in [7, 11) is 0. The highest BCUT2D eigenvalue weighted by Gasteiger charge is 2.15. The molecule has 0 aliphatic rings. The first kappa shape index (κ1) is 15.2. The Hall–Kier alpha value is -1.75.